The molecular weight excluding hydrogens is 350 g/mol. The van der Waals surface area contributed by atoms with E-state index in [0.717, 1.165) is 26.2 Å². The van der Waals surface area contributed by atoms with Gasteiger partial charge in [0.2, 0.25) is 15.7 Å². The number of nitrogens with zero attached hydrogens (tertiary/aromatic N) is 3. The molecular formula is C19H21N3O3S. The highest BCUT2D eigenvalue weighted by Crippen LogP contribution is 2.43. The maximum absolute atomic E-state index is 13.2. The lowest BCUT2D eigenvalue weighted by Crippen LogP contribution is -2.48. The van der Waals surface area contributed by atoms with Crippen LogP contribution < -0.4 is 4.90 Å². The molecule has 0 aliphatic carbocycles. The van der Waals surface area contributed by atoms with Crippen LogP contribution in [0, 0.1) is 0 Å². The third-order valence-corrected chi connectivity index (χ3v) is 6.84. The Hall–Kier alpha value is -2.22. The van der Waals surface area contributed by atoms with Crippen molar-refractivity contribution in [3.63, 3.8) is 0 Å². The predicted molar refractivity (Wildman–Crippen MR) is 99.4 cm³/mol. The Kier molecular flexibility index (Phi) is 4.30. The molecule has 4 rings (SSSR count). The van der Waals surface area contributed by atoms with Crippen LogP contribution in [0.4, 0.5) is 11.4 Å². The summed E-state index contributed by atoms with van der Waals surface area (Å²) in [4.78, 5) is 19.4. The largest absolute Gasteiger partial charge is 0.304 e. The van der Waals surface area contributed by atoms with Gasteiger partial charge in [-0.1, -0.05) is 24.3 Å². The SMILES string of the molecule is CN1CCN(CC(=O)N2c3ccccc3S(=O)(=O)c3ccccc32)CC1. The number of amides is 1. The quantitative estimate of drug-likeness (QED) is 0.805. The summed E-state index contributed by atoms with van der Waals surface area (Å²) in [6.07, 6.45) is 0. The predicted octanol–water partition coefficient (Wildman–Crippen LogP) is 1.74. The standard InChI is InChI=1S/C19H21N3O3S/c1-20-10-12-21(13-11-20)14-19(23)22-15-6-2-4-8-17(15)26(24,25)18-9-5-3-7-16(18)22/h2-9H,10-14H2,1H3. The Morgan fingerprint density at radius 3 is 1.92 bits per heavy atom. The van der Waals surface area contributed by atoms with Crippen LogP contribution in [0.15, 0.2) is 58.3 Å². The number of likely N-dealkylation sites (N-methyl/N-ethyl adjacent to an activating group) is 1. The van der Waals surface area contributed by atoms with Crippen LogP contribution in [0.5, 0.6) is 0 Å². The zero-order valence-electron chi connectivity index (χ0n) is 14.6. The Morgan fingerprint density at radius 1 is 0.885 bits per heavy atom. The summed E-state index contributed by atoms with van der Waals surface area (Å²) in [6.45, 7) is 3.79. The van der Waals surface area contributed by atoms with Crippen molar-refractivity contribution in [2.75, 3.05) is 44.7 Å². The minimum absolute atomic E-state index is 0.107. The summed E-state index contributed by atoms with van der Waals surface area (Å²) in [5.74, 6) is -0.107. The van der Waals surface area contributed by atoms with Crippen LogP contribution in [0.3, 0.4) is 0 Å². The Morgan fingerprint density at radius 2 is 1.38 bits per heavy atom. The first kappa shape index (κ1) is 17.2. The Labute approximate surface area is 153 Å². The van der Waals surface area contributed by atoms with Gasteiger partial charge in [-0.25, -0.2) is 8.42 Å². The first-order chi connectivity index (χ1) is 12.5. The molecule has 0 saturated carbocycles. The number of carbonyl (C=O) groups is 1. The molecule has 0 bridgehead atoms. The van der Waals surface area contributed by atoms with Crippen molar-refractivity contribution in [1.29, 1.82) is 0 Å². The smallest absolute Gasteiger partial charge is 0.245 e. The number of sulfone groups is 1. The van der Waals surface area contributed by atoms with Gasteiger partial charge in [0.05, 0.1) is 27.7 Å². The number of rotatable bonds is 2. The van der Waals surface area contributed by atoms with E-state index in [1.54, 1.807) is 53.4 Å². The van der Waals surface area contributed by atoms with Gasteiger partial charge in [0.1, 0.15) is 0 Å². The first-order valence-electron chi connectivity index (χ1n) is 8.65. The van der Waals surface area contributed by atoms with Gasteiger partial charge in [0.25, 0.3) is 0 Å². The maximum atomic E-state index is 13.2. The zero-order valence-corrected chi connectivity index (χ0v) is 15.4. The molecule has 2 aromatic rings. The number of hydrogen-bond donors (Lipinski definition) is 0. The van der Waals surface area contributed by atoms with Crippen molar-refractivity contribution >= 4 is 27.1 Å². The summed E-state index contributed by atoms with van der Waals surface area (Å²) < 4.78 is 25.9. The van der Waals surface area contributed by atoms with Crippen LogP contribution in [-0.4, -0.2) is 63.9 Å². The van der Waals surface area contributed by atoms with Gasteiger partial charge in [-0.3, -0.25) is 14.6 Å². The molecule has 2 aliphatic rings. The van der Waals surface area contributed by atoms with Crippen molar-refractivity contribution < 1.29 is 13.2 Å². The van der Waals surface area contributed by atoms with E-state index in [2.05, 4.69) is 16.8 Å². The van der Waals surface area contributed by atoms with Crippen LogP contribution in [-0.2, 0) is 14.6 Å². The van der Waals surface area contributed by atoms with E-state index >= 15 is 0 Å². The highest BCUT2D eigenvalue weighted by atomic mass is 32.2. The summed E-state index contributed by atoms with van der Waals surface area (Å²) in [6, 6.07) is 13.4. The summed E-state index contributed by atoms with van der Waals surface area (Å²) in [5.41, 5.74) is 0.871. The lowest BCUT2D eigenvalue weighted by atomic mass is 10.2. The highest BCUT2D eigenvalue weighted by molar-refractivity contribution is 7.92. The molecule has 0 N–H and O–H groups in total. The lowest BCUT2D eigenvalue weighted by Gasteiger charge is -2.35. The molecule has 1 amide bonds. The van der Waals surface area contributed by atoms with Gasteiger partial charge >= 0.3 is 0 Å². The number of anilines is 2. The van der Waals surface area contributed by atoms with E-state index < -0.39 is 9.84 Å². The van der Waals surface area contributed by atoms with Crippen LogP contribution in [0.2, 0.25) is 0 Å². The molecule has 1 saturated heterocycles. The molecule has 0 aromatic heterocycles. The van der Waals surface area contributed by atoms with Crippen LogP contribution in [0.25, 0.3) is 0 Å². The number of carbonyl (C=O) groups excluding carboxylic acids is 1. The van der Waals surface area contributed by atoms with Crippen LogP contribution >= 0.6 is 0 Å². The molecule has 1 fully saturated rings. The second-order valence-corrected chi connectivity index (χ2v) is 8.63. The Bertz CT molecular complexity index is 897. The van der Waals surface area contributed by atoms with Gasteiger partial charge in [-0.2, -0.15) is 0 Å². The van der Waals surface area contributed by atoms with E-state index in [-0.39, 0.29) is 22.2 Å². The number of fused-ring (bicyclic) bond motifs is 2. The fraction of sp³-hybridized carbons (Fsp3) is 0.316. The second kappa shape index (κ2) is 6.50. The maximum Gasteiger partial charge on any atom is 0.245 e. The molecule has 0 atom stereocenters. The van der Waals surface area contributed by atoms with Crippen molar-refractivity contribution in [1.82, 2.24) is 9.80 Å². The molecule has 0 spiro atoms. The van der Waals surface area contributed by atoms with Crippen molar-refractivity contribution in [2.24, 2.45) is 0 Å². The number of para-hydroxylation sites is 2. The lowest BCUT2D eigenvalue weighted by molar-refractivity contribution is -0.119. The first-order valence-corrected chi connectivity index (χ1v) is 10.1. The monoisotopic (exact) mass is 371 g/mol. The van der Waals surface area contributed by atoms with E-state index in [1.165, 1.54) is 0 Å². The van der Waals surface area contributed by atoms with Gasteiger partial charge in [0.15, 0.2) is 0 Å². The summed E-state index contributed by atoms with van der Waals surface area (Å²) in [5, 5.41) is 0. The molecule has 136 valence electrons. The van der Waals surface area contributed by atoms with Crippen molar-refractivity contribution in [2.45, 2.75) is 9.79 Å². The number of piperazine rings is 1. The fourth-order valence-electron chi connectivity index (χ4n) is 3.52. The van der Waals surface area contributed by atoms with Crippen molar-refractivity contribution in [3.05, 3.63) is 48.5 Å². The third kappa shape index (κ3) is 2.82. The van der Waals surface area contributed by atoms with Gasteiger partial charge in [-0.05, 0) is 31.3 Å². The summed E-state index contributed by atoms with van der Waals surface area (Å²) >= 11 is 0. The highest BCUT2D eigenvalue weighted by Gasteiger charge is 2.36. The number of benzene rings is 2. The normalized spacial score (nSPS) is 19.7. The molecule has 2 heterocycles. The average molecular weight is 371 g/mol. The number of hydrogen-bond acceptors (Lipinski definition) is 5. The summed E-state index contributed by atoms with van der Waals surface area (Å²) in [7, 11) is -1.55. The molecule has 2 aliphatic heterocycles. The van der Waals surface area contributed by atoms with Crippen molar-refractivity contribution in [3.8, 4) is 0 Å². The third-order valence-electron chi connectivity index (χ3n) is 5.00. The van der Waals surface area contributed by atoms with Gasteiger partial charge < -0.3 is 4.90 Å². The van der Waals surface area contributed by atoms with E-state index in [4.69, 9.17) is 0 Å². The van der Waals surface area contributed by atoms with E-state index in [0.29, 0.717) is 11.4 Å². The molecule has 26 heavy (non-hydrogen) atoms. The molecule has 0 unspecified atom stereocenters. The zero-order chi connectivity index (χ0) is 18.3. The minimum atomic E-state index is -3.62. The van der Waals surface area contributed by atoms with Gasteiger partial charge in [0, 0.05) is 26.2 Å². The molecule has 7 heteroatoms. The van der Waals surface area contributed by atoms with Crippen LogP contribution in [0.1, 0.15) is 0 Å². The van der Waals surface area contributed by atoms with Gasteiger partial charge in [-0.15, -0.1) is 0 Å². The Balaban J connectivity index is 1.73. The molecule has 6 nitrogen and oxygen atoms in total. The molecule has 0 radical (unpaired) electrons. The minimum Gasteiger partial charge on any atom is -0.304 e. The fourth-order valence-corrected chi connectivity index (χ4v) is 5.14. The van der Waals surface area contributed by atoms with E-state index in [1.807, 2.05) is 0 Å². The topological polar surface area (TPSA) is 60.9 Å². The second-order valence-electron chi connectivity index (χ2n) is 6.75. The van der Waals surface area contributed by atoms with E-state index in [9.17, 15) is 13.2 Å². The average Bonchev–Trinajstić information content (AvgIpc) is 2.64. The molecule has 2 aromatic carbocycles.